The van der Waals surface area contributed by atoms with E-state index in [0.29, 0.717) is 30.5 Å². The van der Waals surface area contributed by atoms with E-state index in [1.165, 1.54) is 31.2 Å². The van der Waals surface area contributed by atoms with Crippen molar-refractivity contribution in [2.45, 2.75) is 103 Å². The predicted molar refractivity (Wildman–Crippen MR) is 197 cm³/mol. The van der Waals surface area contributed by atoms with Gasteiger partial charge in [-0.2, -0.15) is 0 Å². The molecule has 0 saturated carbocycles. The summed E-state index contributed by atoms with van der Waals surface area (Å²) in [6.45, 7) is 8.38. The third-order valence-corrected chi connectivity index (χ3v) is 8.54. The molecule has 2 rings (SSSR count). The van der Waals surface area contributed by atoms with Gasteiger partial charge in [-0.15, -0.1) is 0 Å². The smallest absolute Gasteiger partial charge is 0.325 e. The maximum atomic E-state index is 13.9. The van der Waals surface area contributed by atoms with Crippen molar-refractivity contribution in [1.29, 1.82) is 0 Å². The molecule has 16 nitrogen and oxygen atoms in total. The Labute approximate surface area is 309 Å². The highest BCUT2D eigenvalue weighted by atomic mass is 16.4. The van der Waals surface area contributed by atoms with Gasteiger partial charge in [-0.25, -0.2) is 0 Å². The number of hydrogen-bond donors (Lipinski definition) is 10. The van der Waals surface area contributed by atoms with E-state index in [-0.39, 0.29) is 30.8 Å². The van der Waals surface area contributed by atoms with Gasteiger partial charge in [-0.3, -0.25) is 28.8 Å². The number of unbranched alkanes of at least 4 members (excludes halogenated alkanes) is 1. The lowest BCUT2D eigenvalue weighted by molar-refractivity contribution is -0.142. The van der Waals surface area contributed by atoms with E-state index in [0.717, 1.165) is 0 Å². The number of nitrogens with one attached hydrogen (secondary N) is 5. The Morgan fingerprint density at radius 2 is 1.02 bits per heavy atom. The van der Waals surface area contributed by atoms with E-state index in [2.05, 4.69) is 26.6 Å². The molecule has 5 amide bonds. The summed E-state index contributed by atoms with van der Waals surface area (Å²) >= 11 is 0. The fourth-order valence-corrected chi connectivity index (χ4v) is 5.30. The number of benzene rings is 2. The van der Waals surface area contributed by atoms with Crippen LogP contribution in [0.5, 0.6) is 11.5 Å². The molecule has 0 heterocycles. The number of phenols is 2. The lowest BCUT2D eigenvalue weighted by Gasteiger charge is -2.29. The number of carboxylic acid groups (broad SMARTS) is 1. The molecule has 0 aromatic heterocycles. The number of carbonyl (C=O) groups excluding carboxylic acids is 5. The largest absolute Gasteiger partial charge is 0.508 e. The van der Waals surface area contributed by atoms with Crippen molar-refractivity contribution < 1.29 is 44.1 Å². The number of carbonyl (C=O) groups is 6. The van der Waals surface area contributed by atoms with E-state index in [1.807, 2.05) is 0 Å². The van der Waals surface area contributed by atoms with E-state index < -0.39 is 83.6 Å². The number of aliphatic carboxylic acids is 1. The summed E-state index contributed by atoms with van der Waals surface area (Å²) in [5.74, 6) is -5.52. The van der Waals surface area contributed by atoms with E-state index in [1.54, 1.807) is 52.0 Å². The molecule has 0 bridgehead atoms. The molecule has 2 aromatic carbocycles. The molecule has 0 unspecified atom stereocenters. The number of nitrogens with two attached hydrogens (primary N) is 2. The molecule has 16 heteroatoms. The Morgan fingerprint density at radius 1 is 0.585 bits per heavy atom. The molecule has 0 aliphatic rings. The lowest BCUT2D eigenvalue weighted by atomic mass is 9.99. The van der Waals surface area contributed by atoms with Crippen molar-refractivity contribution in [2.75, 3.05) is 6.54 Å². The van der Waals surface area contributed by atoms with Crippen LogP contribution in [0, 0.1) is 11.8 Å². The van der Waals surface area contributed by atoms with Crippen molar-refractivity contribution in [2.24, 2.45) is 23.3 Å². The third-order valence-electron chi connectivity index (χ3n) is 8.54. The molecule has 0 fully saturated rings. The van der Waals surface area contributed by atoms with Crippen molar-refractivity contribution >= 4 is 35.5 Å². The normalized spacial score (nSPS) is 14.6. The first-order chi connectivity index (χ1) is 24.9. The molecule has 0 aliphatic heterocycles. The van der Waals surface area contributed by atoms with Crippen LogP contribution in [0.1, 0.15) is 65.0 Å². The SMILES string of the molecule is CC(C)[C@H](NC(=O)[C@H](Cc1ccc(O)cc1)NC(=O)[C@H](CCCCN)NC(=O)[C@@H](NC(=O)[C@@H](N)Cc1ccc(O)cc1)C(C)C)C(=O)N[C@H](C)C(=O)O. The minimum Gasteiger partial charge on any atom is -0.508 e. The molecular weight excluding hydrogens is 686 g/mol. The van der Waals surface area contributed by atoms with E-state index in [4.69, 9.17) is 11.5 Å². The Morgan fingerprint density at radius 3 is 1.49 bits per heavy atom. The Balaban J connectivity index is 2.31. The summed E-state index contributed by atoms with van der Waals surface area (Å²) in [6.07, 6.45) is 1.20. The van der Waals surface area contributed by atoms with Gasteiger partial charge in [0.1, 0.15) is 41.7 Å². The minimum absolute atomic E-state index is 0.0151. The van der Waals surface area contributed by atoms with Gasteiger partial charge in [-0.1, -0.05) is 52.0 Å². The van der Waals surface area contributed by atoms with Crippen LogP contribution in [0.15, 0.2) is 48.5 Å². The average Bonchev–Trinajstić information content (AvgIpc) is 3.09. The van der Waals surface area contributed by atoms with E-state index in [9.17, 15) is 44.1 Å². The van der Waals surface area contributed by atoms with Gasteiger partial charge in [0, 0.05) is 6.42 Å². The zero-order valence-corrected chi connectivity index (χ0v) is 30.9. The molecule has 292 valence electrons. The first-order valence-electron chi connectivity index (χ1n) is 17.7. The van der Waals surface area contributed by atoms with Crippen LogP contribution in [0.2, 0.25) is 0 Å². The molecule has 2 aromatic rings. The van der Waals surface area contributed by atoms with Crippen LogP contribution in [0.4, 0.5) is 0 Å². The second-order valence-corrected chi connectivity index (χ2v) is 13.8. The molecule has 0 radical (unpaired) electrons. The van der Waals surface area contributed by atoms with Crippen LogP contribution in [-0.2, 0) is 41.6 Å². The summed E-state index contributed by atoms with van der Waals surface area (Å²) in [7, 11) is 0. The molecule has 53 heavy (non-hydrogen) atoms. The highest BCUT2D eigenvalue weighted by Crippen LogP contribution is 2.14. The van der Waals surface area contributed by atoms with Crippen molar-refractivity contribution in [1.82, 2.24) is 26.6 Å². The number of hydrogen-bond acceptors (Lipinski definition) is 10. The first kappa shape index (κ1) is 43.9. The second kappa shape index (κ2) is 21.3. The maximum Gasteiger partial charge on any atom is 0.325 e. The number of phenolic OH excluding ortho intramolecular Hbond substituents is 2. The number of carboxylic acids is 1. The van der Waals surface area contributed by atoms with Gasteiger partial charge in [0.05, 0.1) is 6.04 Å². The molecule has 0 saturated heterocycles. The maximum absolute atomic E-state index is 13.9. The second-order valence-electron chi connectivity index (χ2n) is 13.8. The van der Waals surface area contributed by atoms with Crippen molar-refractivity contribution in [3.63, 3.8) is 0 Å². The summed E-state index contributed by atoms with van der Waals surface area (Å²) in [4.78, 5) is 78.8. The van der Waals surface area contributed by atoms with Gasteiger partial charge in [0.25, 0.3) is 0 Å². The zero-order valence-electron chi connectivity index (χ0n) is 30.9. The summed E-state index contributed by atoms with van der Waals surface area (Å²) in [5.41, 5.74) is 13.1. The Kier molecular flexibility index (Phi) is 17.7. The van der Waals surface area contributed by atoms with Gasteiger partial charge in [-0.05, 0) is 86.4 Å². The standard InChI is InChI=1S/C37H55N7O9/c1-20(2)30(35(50)40-22(5)37(52)53)44-34(49)29(19-24-11-15-26(46)16-12-24)42-33(48)28(8-6-7-17-38)41-36(51)31(21(3)4)43-32(47)27(39)18-23-9-13-25(45)14-10-23/h9-16,20-22,27-31,45-46H,6-8,17-19,38-39H2,1-5H3,(H,40,50)(H,41,51)(H,42,48)(H,43,47)(H,44,49)(H,52,53)/t22-,27+,28+,29+,30+,31+/m1/s1. The predicted octanol–water partition coefficient (Wildman–Crippen LogP) is 0.180. The highest BCUT2D eigenvalue weighted by molar-refractivity contribution is 5.96. The van der Waals surface area contributed by atoms with Crippen LogP contribution < -0.4 is 38.1 Å². The van der Waals surface area contributed by atoms with Crippen LogP contribution in [0.3, 0.4) is 0 Å². The zero-order chi connectivity index (χ0) is 39.8. The fraction of sp³-hybridized carbons (Fsp3) is 0.514. The highest BCUT2D eigenvalue weighted by Gasteiger charge is 2.34. The topological polar surface area (TPSA) is 275 Å². The molecule has 0 aliphatic carbocycles. The Bertz CT molecular complexity index is 1530. The third kappa shape index (κ3) is 14.7. The van der Waals surface area contributed by atoms with Gasteiger partial charge in [0.15, 0.2) is 0 Å². The first-order valence-corrected chi connectivity index (χ1v) is 17.7. The average molecular weight is 742 g/mol. The van der Waals surface area contributed by atoms with Gasteiger partial charge >= 0.3 is 5.97 Å². The number of aromatic hydroxyl groups is 2. The van der Waals surface area contributed by atoms with Crippen LogP contribution in [0.25, 0.3) is 0 Å². The molecule has 12 N–H and O–H groups in total. The number of rotatable bonds is 21. The molecule has 0 spiro atoms. The summed E-state index contributed by atoms with van der Waals surface area (Å²) < 4.78 is 0. The van der Waals surface area contributed by atoms with Crippen molar-refractivity contribution in [3.05, 3.63) is 59.7 Å². The Hall–Kier alpha value is -5.22. The molecule has 6 atom stereocenters. The van der Waals surface area contributed by atoms with E-state index >= 15 is 0 Å². The number of amides is 5. The van der Waals surface area contributed by atoms with Crippen molar-refractivity contribution in [3.8, 4) is 11.5 Å². The van der Waals surface area contributed by atoms with Crippen LogP contribution in [-0.4, -0.2) is 93.6 Å². The quantitative estimate of drug-likeness (QED) is 0.0771. The summed E-state index contributed by atoms with van der Waals surface area (Å²) in [6, 6.07) is 5.26. The van der Waals surface area contributed by atoms with Gasteiger partial charge < -0.3 is 53.4 Å². The monoisotopic (exact) mass is 741 g/mol. The fourth-order valence-electron chi connectivity index (χ4n) is 5.30. The summed E-state index contributed by atoms with van der Waals surface area (Å²) in [5, 5.41) is 41.7. The lowest BCUT2D eigenvalue weighted by Crippen LogP contribution is -2.60. The van der Waals surface area contributed by atoms with Gasteiger partial charge in [0.2, 0.25) is 29.5 Å². The minimum atomic E-state index is -1.27. The van der Waals surface area contributed by atoms with Crippen LogP contribution >= 0.6 is 0 Å². The molecular formula is C37H55N7O9.